The Labute approximate surface area is 178 Å². The van der Waals surface area contributed by atoms with E-state index in [0.29, 0.717) is 22.1 Å². The van der Waals surface area contributed by atoms with Gasteiger partial charge >= 0.3 is 0 Å². The molecule has 0 radical (unpaired) electrons. The minimum Gasteiger partial charge on any atom is -0.319 e. The van der Waals surface area contributed by atoms with Crippen molar-refractivity contribution in [3.8, 4) is 0 Å². The summed E-state index contributed by atoms with van der Waals surface area (Å²) in [5.41, 5.74) is -0.486. The molecule has 9 heteroatoms. The third-order valence-corrected chi connectivity index (χ3v) is 4.88. The number of anilines is 1. The van der Waals surface area contributed by atoms with Crippen molar-refractivity contribution >= 4 is 34.2 Å². The number of halogens is 4. The number of fused-ring (bicyclic) bond motifs is 1. The van der Waals surface area contributed by atoms with E-state index in [2.05, 4.69) is 10.3 Å². The van der Waals surface area contributed by atoms with Crippen LogP contribution in [0.1, 0.15) is 15.9 Å². The highest BCUT2D eigenvalue weighted by Crippen LogP contribution is 2.21. The van der Waals surface area contributed by atoms with Crippen LogP contribution in [0, 0.1) is 17.5 Å². The van der Waals surface area contributed by atoms with Gasteiger partial charge in [-0.1, -0.05) is 23.7 Å². The SMILES string of the molecule is O=C(Nc1ccc(F)c(F)c1F)c1cc2cccnc2n(Cc2ccc(Cl)cc2)c1=O. The number of amides is 1. The molecular weight excluding hydrogens is 431 g/mol. The lowest BCUT2D eigenvalue weighted by Gasteiger charge is -2.13. The molecule has 2 aromatic heterocycles. The number of nitrogens with zero attached hydrogens (tertiary/aromatic N) is 2. The first kappa shape index (κ1) is 20.6. The van der Waals surface area contributed by atoms with Crippen molar-refractivity contribution in [1.29, 1.82) is 0 Å². The van der Waals surface area contributed by atoms with E-state index in [1.54, 1.807) is 36.4 Å². The first-order valence-corrected chi connectivity index (χ1v) is 9.41. The van der Waals surface area contributed by atoms with Crippen LogP contribution in [0.4, 0.5) is 18.9 Å². The Morgan fingerprint density at radius 3 is 2.52 bits per heavy atom. The Balaban J connectivity index is 1.79. The third kappa shape index (κ3) is 4.02. The van der Waals surface area contributed by atoms with Crippen LogP contribution in [0.25, 0.3) is 11.0 Å². The fraction of sp³-hybridized carbons (Fsp3) is 0.0455. The number of carbonyl (C=O) groups is 1. The van der Waals surface area contributed by atoms with E-state index < -0.39 is 34.6 Å². The van der Waals surface area contributed by atoms with Gasteiger partial charge in [-0.3, -0.25) is 14.2 Å². The Bertz CT molecular complexity index is 1370. The van der Waals surface area contributed by atoms with Gasteiger partial charge in [0.25, 0.3) is 11.5 Å². The molecule has 0 saturated heterocycles. The number of aromatic nitrogens is 2. The van der Waals surface area contributed by atoms with Crippen LogP contribution in [0.3, 0.4) is 0 Å². The van der Waals surface area contributed by atoms with Crippen LogP contribution in [-0.4, -0.2) is 15.5 Å². The maximum Gasteiger partial charge on any atom is 0.265 e. The number of hydrogen-bond acceptors (Lipinski definition) is 3. The molecule has 0 aliphatic rings. The highest BCUT2D eigenvalue weighted by atomic mass is 35.5. The lowest BCUT2D eigenvalue weighted by Crippen LogP contribution is -2.30. The molecule has 156 valence electrons. The lowest BCUT2D eigenvalue weighted by molar-refractivity contribution is 0.102. The van der Waals surface area contributed by atoms with Crippen LogP contribution in [0.5, 0.6) is 0 Å². The number of hydrogen-bond donors (Lipinski definition) is 1. The van der Waals surface area contributed by atoms with Gasteiger partial charge in [0.1, 0.15) is 11.2 Å². The van der Waals surface area contributed by atoms with Crippen LogP contribution >= 0.6 is 11.6 Å². The minimum absolute atomic E-state index is 0.101. The molecule has 5 nitrogen and oxygen atoms in total. The average molecular weight is 444 g/mol. The van der Waals surface area contributed by atoms with Gasteiger partial charge in [-0.05, 0) is 48.0 Å². The first-order valence-electron chi connectivity index (χ1n) is 9.03. The van der Waals surface area contributed by atoms with Crippen molar-refractivity contribution in [2.45, 2.75) is 6.54 Å². The van der Waals surface area contributed by atoms with Crippen molar-refractivity contribution in [1.82, 2.24) is 9.55 Å². The minimum atomic E-state index is -1.72. The Morgan fingerprint density at radius 2 is 1.77 bits per heavy atom. The van der Waals surface area contributed by atoms with E-state index in [-0.39, 0.29) is 12.1 Å². The average Bonchev–Trinajstić information content (AvgIpc) is 2.77. The second kappa shape index (κ2) is 8.23. The fourth-order valence-electron chi connectivity index (χ4n) is 3.10. The molecule has 0 bridgehead atoms. The predicted molar refractivity (Wildman–Crippen MR) is 111 cm³/mol. The largest absolute Gasteiger partial charge is 0.319 e. The quantitative estimate of drug-likeness (QED) is 0.462. The molecule has 31 heavy (non-hydrogen) atoms. The molecule has 0 spiro atoms. The van der Waals surface area contributed by atoms with Gasteiger partial charge < -0.3 is 5.32 Å². The number of carbonyl (C=O) groups excluding carboxylic acids is 1. The molecule has 4 aromatic rings. The van der Waals surface area contributed by atoms with E-state index in [0.717, 1.165) is 11.6 Å². The number of benzene rings is 2. The molecule has 0 fully saturated rings. The molecule has 2 heterocycles. The standard InChI is InChI=1S/C22H13ClF3N3O2/c23-14-5-3-12(4-6-14)11-29-20-13(2-1-9-27-20)10-15(22(29)31)21(30)28-17-8-7-16(24)18(25)19(17)26/h1-10H,11H2,(H,28,30). The van der Waals surface area contributed by atoms with Crippen molar-refractivity contribution in [2.24, 2.45) is 0 Å². The third-order valence-electron chi connectivity index (χ3n) is 4.63. The monoisotopic (exact) mass is 443 g/mol. The normalized spacial score (nSPS) is 11.0. The second-order valence-corrected chi connectivity index (χ2v) is 7.11. The van der Waals surface area contributed by atoms with Gasteiger partial charge in [0.15, 0.2) is 17.5 Å². The Morgan fingerprint density at radius 1 is 1.03 bits per heavy atom. The molecule has 1 amide bonds. The van der Waals surface area contributed by atoms with Crippen LogP contribution in [0.15, 0.2) is 65.6 Å². The smallest absolute Gasteiger partial charge is 0.265 e. The summed E-state index contributed by atoms with van der Waals surface area (Å²) in [5, 5.41) is 3.15. The second-order valence-electron chi connectivity index (χ2n) is 6.67. The predicted octanol–water partition coefficient (Wildman–Crippen LogP) is 4.77. The van der Waals surface area contributed by atoms with Gasteiger partial charge in [0.2, 0.25) is 0 Å². The van der Waals surface area contributed by atoms with Gasteiger partial charge in [-0.15, -0.1) is 0 Å². The molecular formula is C22H13ClF3N3O2. The lowest BCUT2D eigenvalue weighted by atomic mass is 10.1. The summed E-state index contributed by atoms with van der Waals surface area (Å²) >= 11 is 5.90. The summed E-state index contributed by atoms with van der Waals surface area (Å²) < 4.78 is 41.9. The van der Waals surface area contributed by atoms with E-state index in [1.807, 2.05) is 0 Å². The molecule has 0 unspecified atom stereocenters. The summed E-state index contributed by atoms with van der Waals surface area (Å²) in [4.78, 5) is 30.1. The van der Waals surface area contributed by atoms with E-state index in [9.17, 15) is 22.8 Å². The highest BCUT2D eigenvalue weighted by Gasteiger charge is 2.20. The highest BCUT2D eigenvalue weighted by molar-refractivity contribution is 6.30. The molecule has 0 atom stereocenters. The topological polar surface area (TPSA) is 64.0 Å². The summed E-state index contributed by atoms with van der Waals surface area (Å²) in [6.45, 7) is 0.101. The molecule has 4 rings (SSSR count). The van der Waals surface area contributed by atoms with Gasteiger partial charge in [0.05, 0.1) is 12.2 Å². The van der Waals surface area contributed by atoms with Crippen molar-refractivity contribution < 1.29 is 18.0 Å². The number of nitrogens with one attached hydrogen (secondary N) is 1. The fourth-order valence-corrected chi connectivity index (χ4v) is 3.23. The number of rotatable bonds is 4. The van der Waals surface area contributed by atoms with Crippen molar-refractivity contribution in [3.63, 3.8) is 0 Å². The molecule has 1 N–H and O–H groups in total. The van der Waals surface area contributed by atoms with Crippen LogP contribution in [-0.2, 0) is 6.54 Å². The van der Waals surface area contributed by atoms with E-state index in [1.165, 1.54) is 16.8 Å². The maximum atomic E-state index is 14.0. The molecule has 0 aliphatic carbocycles. The van der Waals surface area contributed by atoms with E-state index >= 15 is 0 Å². The first-order chi connectivity index (χ1) is 14.8. The van der Waals surface area contributed by atoms with Gasteiger partial charge in [-0.25, -0.2) is 18.2 Å². The zero-order valence-electron chi connectivity index (χ0n) is 15.7. The summed E-state index contributed by atoms with van der Waals surface area (Å²) in [5.74, 6) is -5.64. The van der Waals surface area contributed by atoms with Gasteiger partial charge in [0, 0.05) is 16.6 Å². The maximum absolute atomic E-state index is 14.0. The zero-order valence-corrected chi connectivity index (χ0v) is 16.5. The Kier molecular flexibility index (Phi) is 5.48. The molecule has 2 aromatic carbocycles. The van der Waals surface area contributed by atoms with Crippen molar-refractivity contribution in [2.75, 3.05) is 5.32 Å². The van der Waals surface area contributed by atoms with Crippen LogP contribution in [0.2, 0.25) is 5.02 Å². The summed E-state index contributed by atoms with van der Waals surface area (Å²) in [7, 11) is 0. The summed E-state index contributed by atoms with van der Waals surface area (Å²) in [6.07, 6.45) is 1.51. The van der Waals surface area contributed by atoms with Gasteiger partial charge in [-0.2, -0.15) is 0 Å². The summed E-state index contributed by atoms with van der Waals surface area (Å²) in [6, 6.07) is 13.0. The van der Waals surface area contributed by atoms with E-state index in [4.69, 9.17) is 11.6 Å². The van der Waals surface area contributed by atoms with Crippen LogP contribution < -0.4 is 10.9 Å². The van der Waals surface area contributed by atoms with Crippen molar-refractivity contribution in [3.05, 3.63) is 105 Å². The Hall–Kier alpha value is -3.65. The molecule has 0 aliphatic heterocycles. The molecule has 0 saturated carbocycles. The zero-order chi connectivity index (χ0) is 22.1. The number of pyridine rings is 2.